The molecule has 0 bridgehead atoms. The van der Waals surface area contributed by atoms with Gasteiger partial charge in [-0.05, 0) is 43.1 Å². The van der Waals surface area contributed by atoms with E-state index in [9.17, 15) is 4.79 Å². The van der Waals surface area contributed by atoms with Gasteiger partial charge in [0.1, 0.15) is 12.4 Å². The Kier molecular flexibility index (Phi) is 8.12. The van der Waals surface area contributed by atoms with Crippen LogP contribution in [0.5, 0.6) is 5.75 Å². The number of nitrogens with one attached hydrogen (secondary N) is 1. The van der Waals surface area contributed by atoms with Gasteiger partial charge in [0.05, 0.1) is 13.1 Å². The van der Waals surface area contributed by atoms with Gasteiger partial charge in [-0.25, -0.2) is 0 Å². The lowest BCUT2D eigenvalue weighted by Gasteiger charge is -2.22. The Bertz CT molecular complexity index is 516. The fourth-order valence-corrected chi connectivity index (χ4v) is 2.78. The molecule has 1 saturated heterocycles. The number of likely N-dealkylation sites (tertiary alicyclic amines) is 1. The van der Waals surface area contributed by atoms with Gasteiger partial charge in [0.25, 0.3) is 0 Å². The highest BCUT2D eigenvalue weighted by molar-refractivity contribution is 6.30. The van der Waals surface area contributed by atoms with Crippen LogP contribution in [0.2, 0.25) is 5.02 Å². The second-order valence-electron chi connectivity index (χ2n) is 6.13. The Morgan fingerprint density at radius 1 is 1.52 bits per heavy atom. The van der Waals surface area contributed by atoms with Crippen molar-refractivity contribution in [1.82, 2.24) is 10.2 Å². The topological polar surface area (TPSA) is 67.6 Å². The average Bonchev–Trinajstić information content (AvgIpc) is 2.86. The standard InChI is InChI=1S/C16H24ClN3O2.ClH/c1-16(11-18)5-7-20(12-16)10-15(21)19-6-8-22-14-4-2-3-13(17)9-14;/h2-4,9H,5-8,10-12,18H2,1H3,(H,19,21);1H. The number of carbonyl (C=O) groups is 1. The van der Waals surface area contributed by atoms with E-state index in [1.54, 1.807) is 12.1 Å². The molecular weight excluding hydrogens is 337 g/mol. The number of rotatable bonds is 7. The summed E-state index contributed by atoms with van der Waals surface area (Å²) in [6, 6.07) is 7.21. The summed E-state index contributed by atoms with van der Waals surface area (Å²) in [6.07, 6.45) is 1.05. The van der Waals surface area contributed by atoms with Crippen LogP contribution in [0.3, 0.4) is 0 Å². The van der Waals surface area contributed by atoms with Crippen molar-refractivity contribution in [3.63, 3.8) is 0 Å². The molecule has 2 rings (SSSR count). The summed E-state index contributed by atoms with van der Waals surface area (Å²) in [4.78, 5) is 14.1. The summed E-state index contributed by atoms with van der Waals surface area (Å²) in [6.45, 7) is 5.98. The molecule has 23 heavy (non-hydrogen) atoms. The zero-order valence-electron chi connectivity index (χ0n) is 13.4. The number of carbonyl (C=O) groups excluding carboxylic acids is 1. The zero-order chi connectivity index (χ0) is 16.0. The van der Waals surface area contributed by atoms with Crippen LogP contribution in [0.25, 0.3) is 0 Å². The molecule has 0 aliphatic carbocycles. The van der Waals surface area contributed by atoms with Gasteiger partial charge in [0.2, 0.25) is 5.91 Å². The SMILES string of the molecule is CC1(CN)CCN(CC(=O)NCCOc2cccc(Cl)c2)C1.Cl. The molecule has 1 aliphatic rings. The lowest BCUT2D eigenvalue weighted by Crippen LogP contribution is -2.39. The molecule has 7 heteroatoms. The quantitative estimate of drug-likeness (QED) is 0.728. The summed E-state index contributed by atoms with van der Waals surface area (Å²) < 4.78 is 5.53. The van der Waals surface area contributed by atoms with Gasteiger partial charge in [-0.2, -0.15) is 0 Å². The lowest BCUT2D eigenvalue weighted by molar-refractivity contribution is -0.122. The summed E-state index contributed by atoms with van der Waals surface area (Å²) >= 11 is 5.87. The molecular formula is C16H25Cl2N3O2. The van der Waals surface area contributed by atoms with E-state index in [-0.39, 0.29) is 23.7 Å². The molecule has 130 valence electrons. The first kappa shape index (κ1) is 20.0. The third-order valence-electron chi connectivity index (χ3n) is 3.99. The number of halogens is 2. The van der Waals surface area contributed by atoms with Gasteiger partial charge in [-0.15, -0.1) is 12.4 Å². The Labute approximate surface area is 148 Å². The van der Waals surface area contributed by atoms with E-state index < -0.39 is 0 Å². The minimum atomic E-state index is 0. The largest absolute Gasteiger partial charge is 0.492 e. The Morgan fingerprint density at radius 2 is 2.30 bits per heavy atom. The molecule has 1 unspecified atom stereocenters. The van der Waals surface area contributed by atoms with Crippen LogP contribution in [0.1, 0.15) is 13.3 Å². The van der Waals surface area contributed by atoms with Gasteiger partial charge < -0.3 is 15.8 Å². The first-order chi connectivity index (χ1) is 10.5. The van der Waals surface area contributed by atoms with Gasteiger partial charge in [0.15, 0.2) is 0 Å². The summed E-state index contributed by atoms with van der Waals surface area (Å²) in [5, 5.41) is 3.51. The molecule has 0 spiro atoms. The maximum atomic E-state index is 11.9. The number of nitrogens with zero attached hydrogens (tertiary/aromatic N) is 1. The number of benzene rings is 1. The number of ether oxygens (including phenoxy) is 1. The molecule has 1 aromatic carbocycles. The Balaban J connectivity index is 0.00000264. The molecule has 0 radical (unpaired) electrons. The monoisotopic (exact) mass is 361 g/mol. The number of hydrogen-bond donors (Lipinski definition) is 2. The van der Waals surface area contributed by atoms with Crippen LogP contribution in [0.15, 0.2) is 24.3 Å². The number of amides is 1. The second kappa shape index (κ2) is 9.33. The van der Waals surface area contributed by atoms with E-state index in [1.165, 1.54) is 0 Å². The Morgan fingerprint density at radius 3 is 2.96 bits per heavy atom. The molecule has 5 nitrogen and oxygen atoms in total. The fourth-order valence-electron chi connectivity index (χ4n) is 2.60. The molecule has 1 amide bonds. The highest BCUT2D eigenvalue weighted by atomic mass is 35.5. The molecule has 0 saturated carbocycles. The molecule has 1 aliphatic heterocycles. The summed E-state index contributed by atoms with van der Waals surface area (Å²) in [7, 11) is 0. The van der Waals surface area contributed by atoms with Crippen molar-refractivity contribution >= 4 is 29.9 Å². The van der Waals surface area contributed by atoms with E-state index >= 15 is 0 Å². The predicted octanol–water partition coefficient (Wildman–Crippen LogP) is 1.93. The van der Waals surface area contributed by atoms with Crippen LogP contribution in [-0.4, -0.2) is 50.1 Å². The normalized spacial score (nSPS) is 20.8. The van der Waals surface area contributed by atoms with E-state index in [0.29, 0.717) is 37.0 Å². The number of hydrogen-bond acceptors (Lipinski definition) is 4. The smallest absolute Gasteiger partial charge is 0.234 e. The van der Waals surface area contributed by atoms with Crippen molar-refractivity contribution in [1.29, 1.82) is 0 Å². The summed E-state index contributed by atoms with van der Waals surface area (Å²) in [5.74, 6) is 0.732. The summed E-state index contributed by atoms with van der Waals surface area (Å²) in [5.41, 5.74) is 5.92. The molecule has 1 heterocycles. The average molecular weight is 362 g/mol. The van der Waals surface area contributed by atoms with E-state index in [1.807, 2.05) is 12.1 Å². The highest BCUT2D eigenvalue weighted by Crippen LogP contribution is 2.27. The lowest BCUT2D eigenvalue weighted by atomic mass is 9.90. The van der Waals surface area contributed by atoms with Crippen molar-refractivity contribution in [3.05, 3.63) is 29.3 Å². The first-order valence-electron chi connectivity index (χ1n) is 7.58. The first-order valence-corrected chi connectivity index (χ1v) is 7.96. The van der Waals surface area contributed by atoms with E-state index in [0.717, 1.165) is 19.5 Å². The van der Waals surface area contributed by atoms with Gasteiger partial charge in [0, 0.05) is 11.6 Å². The van der Waals surface area contributed by atoms with Crippen LogP contribution < -0.4 is 15.8 Å². The van der Waals surface area contributed by atoms with E-state index in [2.05, 4.69) is 17.1 Å². The predicted molar refractivity (Wildman–Crippen MR) is 95.4 cm³/mol. The van der Waals surface area contributed by atoms with Crippen LogP contribution in [0, 0.1) is 5.41 Å². The third kappa shape index (κ3) is 6.55. The number of nitrogens with two attached hydrogens (primary N) is 1. The van der Waals surface area contributed by atoms with E-state index in [4.69, 9.17) is 22.1 Å². The Hall–Kier alpha value is -1.01. The van der Waals surface area contributed by atoms with Crippen LogP contribution >= 0.6 is 24.0 Å². The fraction of sp³-hybridized carbons (Fsp3) is 0.562. The van der Waals surface area contributed by atoms with Gasteiger partial charge in [-0.3, -0.25) is 9.69 Å². The third-order valence-corrected chi connectivity index (χ3v) is 4.22. The maximum absolute atomic E-state index is 11.9. The minimum Gasteiger partial charge on any atom is -0.492 e. The molecule has 1 aromatic rings. The van der Waals surface area contributed by atoms with Gasteiger partial charge >= 0.3 is 0 Å². The molecule has 1 atom stereocenters. The van der Waals surface area contributed by atoms with Crippen molar-refractivity contribution in [3.8, 4) is 5.75 Å². The molecule has 3 N–H and O–H groups in total. The molecule has 0 aromatic heterocycles. The van der Waals surface area contributed by atoms with Crippen molar-refractivity contribution in [2.24, 2.45) is 11.1 Å². The zero-order valence-corrected chi connectivity index (χ0v) is 15.0. The minimum absolute atomic E-state index is 0. The highest BCUT2D eigenvalue weighted by Gasteiger charge is 2.32. The van der Waals surface area contributed by atoms with Crippen LogP contribution in [0.4, 0.5) is 0 Å². The molecule has 1 fully saturated rings. The van der Waals surface area contributed by atoms with Gasteiger partial charge in [-0.1, -0.05) is 24.6 Å². The maximum Gasteiger partial charge on any atom is 0.234 e. The van der Waals surface area contributed by atoms with Crippen molar-refractivity contribution in [2.75, 3.05) is 39.3 Å². The van der Waals surface area contributed by atoms with Crippen molar-refractivity contribution in [2.45, 2.75) is 13.3 Å². The van der Waals surface area contributed by atoms with Crippen LogP contribution in [-0.2, 0) is 4.79 Å². The second-order valence-corrected chi connectivity index (χ2v) is 6.57. The van der Waals surface area contributed by atoms with Crippen molar-refractivity contribution < 1.29 is 9.53 Å².